The molecule has 0 spiro atoms. The highest BCUT2D eigenvalue weighted by Gasteiger charge is 2.02. The lowest BCUT2D eigenvalue weighted by atomic mass is 10.1. The Bertz CT molecular complexity index is 674. The number of aryl methyl sites for hydroxylation is 2. The summed E-state index contributed by atoms with van der Waals surface area (Å²) in [5.74, 6) is 1.40. The van der Waals surface area contributed by atoms with E-state index in [2.05, 4.69) is 36.6 Å². The van der Waals surface area contributed by atoms with Crippen LogP contribution < -0.4 is 10.6 Å². The van der Waals surface area contributed by atoms with E-state index in [1.165, 1.54) is 17.2 Å². The number of anilines is 1. The van der Waals surface area contributed by atoms with Gasteiger partial charge in [0.25, 0.3) is 0 Å². The second kappa shape index (κ2) is 8.89. The van der Waals surface area contributed by atoms with Gasteiger partial charge in [-0.2, -0.15) is 11.8 Å². The van der Waals surface area contributed by atoms with E-state index in [1.54, 1.807) is 17.8 Å². The molecular weight excluding hydrogens is 327 g/mol. The van der Waals surface area contributed by atoms with Crippen LogP contribution >= 0.6 is 24.0 Å². The summed E-state index contributed by atoms with van der Waals surface area (Å²) in [7, 11) is 0. The fourth-order valence-electron chi connectivity index (χ4n) is 2.03. The fraction of sp³-hybridized carbons (Fsp3) is 0.278. The number of hydrogen-bond acceptors (Lipinski definition) is 2. The van der Waals surface area contributed by atoms with Crippen LogP contribution in [0, 0.1) is 19.7 Å². The number of thiocarbonyl (C=S) groups is 1. The van der Waals surface area contributed by atoms with E-state index in [9.17, 15) is 4.39 Å². The highest BCUT2D eigenvalue weighted by Crippen LogP contribution is 2.15. The number of thioether (sulfide) groups is 1. The zero-order valence-electron chi connectivity index (χ0n) is 13.4. The smallest absolute Gasteiger partial charge is 0.170 e. The molecule has 0 saturated carbocycles. The first-order valence-electron chi connectivity index (χ1n) is 7.49. The number of rotatable bonds is 6. The van der Waals surface area contributed by atoms with Crippen molar-refractivity contribution in [1.29, 1.82) is 0 Å². The van der Waals surface area contributed by atoms with Gasteiger partial charge in [0.05, 0.1) is 0 Å². The van der Waals surface area contributed by atoms with Crippen LogP contribution in [-0.2, 0) is 5.75 Å². The van der Waals surface area contributed by atoms with Crippen molar-refractivity contribution in [2.45, 2.75) is 19.6 Å². The van der Waals surface area contributed by atoms with E-state index in [0.717, 1.165) is 23.5 Å². The third-order valence-corrected chi connectivity index (χ3v) is 4.77. The third-order valence-electron chi connectivity index (χ3n) is 3.51. The monoisotopic (exact) mass is 348 g/mol. The summed E-state index contributed by atoms with van der Waals surface area (Å²) in [4.78, 5) is 0. The first-order chi connectivity index (χ1) is 11.1. The van der Waals surface area contributed by atoms with Crippen LogP contribution in [0.25, 0.3) is 0 Å². The minimum absolute atomic E-state index is 0.139. The van der Waals surface area contributed by atoms with Gasteiger partial charge in [-0.1, -0.05) is 24.3 Å². The van der Waals surface area contributed by atoms with Crippen molar-refractivity contribution in [3.8, 4) is 0 Å². The number of halogens is 1. The molecule has 0 atom stereocenters. The molecule has 0 unspecified atom stereocenters. The molecule has 23 heavy (non-hydrogen) atoms. The minimum Gasteiger partial charge on any atom is -0.362 e. The normalized spacial score (nSPS) is 10.4. The van der Waals surface area contributed by atoms with Gasteiger partial charge in [-0.25, -0.2) is 4.39 Å². The average molecular weight is 349 g/mol. The van der Waals surface area contributed by atoms with Crippen molar-refractivity contribution in [1.82, 2.24) is 5.32 Å². The number of hydrogen-bond donors (Lipinski definition) is 2. The first-order valence-corrected chi connectivity index (χ1v) is 9.06. The molecule has 0 bridgehead atoms. The van der Waals surface area contributed by atoms with Crippen LogP contribution in [0.3, 0.4) is 0 Å². The lowest BCUT2D eigenvalue weighted by Crippen LogP contribution is -2.30. The second-order valence-electron chi connectivity index (χ2n) is 5.32. The molecule has 0 radical (unpaired) electrons. The van der Waals surface area contributed by atoms with Crippen molar-refractivity contribution in [3.05, 3.63) is 65.0 Å². The molecule has 0 aliphatic heterocycles. The predicted molar refractivity (Wildman–Crippen MR) is 103 cm³/mol. The molecule has 0 fully saturated rings. The molecule has 2 aromatic rings. The Labute approximate surface area is 146 Å². The Hall–Kier alpha value is -1.59. The molecule has 2 nitrogen and oxygen atoms in total. The second-order valence-corrected chi connectivity index (χ2v) is 6.84. The standard InChI is InChI=1S/C18H21FN2S2/c1-13-7-8-16(11-14(13)2)21-18(22)20-9-10-23-12-15-5-3-4-6-17(15)19/h3-8,11H,9-10,12H2,1-2H3,(H2,20,21,22). The van der Waals surface area contributed by atoms with Gasteiger partial charge in [0, 0.05) is 23.7 Å². The highest BCUT2D eigenvalue weighted by atomic mass is 32.2. The zero-order chi connectivity index (χ0) is 16.7. The summed E-state index contributed by atoms with van der Waals surface area (Å²) in [6.07, 6.45) is 0. The fourth-order valence-corrected chi connectivity index (χ4v) is 3.09. The van der Waals surface area contributed by atoms with Gasteiger partial charge in [0.1, 0.15) is 5.82 Å². The SMILES string of the molecule is Cc1ccc(NC(=S)NCCSCc2ccccc2F)cc1C. The lowest BCUT2D eigenvalue weighted by molar-refractivity contribution is 0.617. The third kappa shape index (κ3) is 5.84. The summed E-state index contributed by atoms with van der Waals surface area (Å²) in [6, 6.07) is 13.1. The van der Waals surface area contributed by atoms with Crippen LogP contribution in [0.1, 0.15) is 16.7 Å². The van der Waals surface area contributed by atoms with E-state index in [-0.39, 0.29) is 5.82 Å². The number of nitrogens with one attached hydrogen (secondary N) is 2. The molecule has 2 rings (SSSR count). The van der Waals surface area contributed by atoms with Crippen molar-refractivity contribution >= 4 is 34.8 Å². The maximum absolute atomic E-state index is 13.5. The zero-order valence-corrected chi connectivity index (χ0v) is 15.0. The van der Waals surface area contributed by atoms with Gasteiger partial charge in [0.2, 0.25) is 0 Å². The van der Waals surface area contributed by atoms with Crippen LogP contribution in [0.15, 0.2) is 42.5 Å². The largest absolute Gasteiger partial charge is 0.362 e. The van der Waals surface area contributed by atoms with Crippen molar-refractivity contribution in [2.24, 2.45) is 0 Å². The Morgan fingerprint density at radius 1 is 1.13 bits per heavy atom. The van der Waals surface area contributed by atoms with Crippen molar-refractivity contribution in [2.75, 3.05) is 17.6 Å². The molecule has 0 aliphatic carbocycles. The van der Waals surface area contributed by atoms with Gasteiger partial charge in [0.15, 0.2) is 5.11 Å². The molecule has 5 heteroatoms. The van der Waals surface area contributed by atoms with Gasteiger partial charge in [-0.3, -0.25) is 0 Å². The molecule has 0 aliphatic rings. The molecule has 0 amide bonds. The molecular formula is C18H21FN2S2. The van der Waals surface area contributed by atoms with Crippen LogP contribution in [0.2, 0.25) is 0 Å². The van der Waals surface area contributed by atoms with Gasteiger partial charge < -0.3 is 10.6 Å². The van der Waals surface area contributed by atoms with Gasteiger partial charge in [-0.15, -0.1) is 0 Å². The minimum atomic E-state index is -0.139. The summed E-state index contributed by atoms with van der Waals surface area (Å²) >= 11 is 6.97. The molecule has 0 aromatic heterocycles. The van der Waals surface area contributed by atoms with E-state index < -0.39 is 0 Å². The van der Waals surface area contributed by atoms with E-state index in [0.29, 0.717) is 10.9 Å². The van der Waals surface area contributed by atoms with E-state index in [4.69, 9.17) is 12.2 Å². The van der Waals surface area contributed by atoms with E-state index >= 15 is 0 Å². The summed E-state index contributed by atoms with van der Waals surface area (Å²) in [5, 5.41) is 6.96. The lowest BCUT2D eigenvalue weighted by Gasteiger charge is -2.11. The first kappa shape index (κ1) is 17.8. The van der Waals surface area contributed by atoms with Crippen LogP contribution in [-0.4, -0.2) is 17.4 Å². The highest BCUT2D eigenvalue weighted by molar-refractivity contribution is 7.98. The molecule has 2 N–H and O–H groups in total. The Kier molecular flexibility index (Phi) is 6.86. The summed E-state index contributed by atoms with van der Waals surface area (Å²) in [5.41, 5.74) is 4.23. The van der Waals surface area contributed by atoms with Crippen molar-refractivity contribution in [3.63, 3.8) is 0 Å². The van der Waals surface area contributed by atoms with Crippen molar-refractivity contribution < 1.29 is 4.39 Å². The Morgan fingerprint density at radius 3 is 2.65 bits per heavy atom. The molecule has 2 aromatic carbocycles. The van der Waals surface area contributed by atoms with Crippen LogP contribution in [0.5, 0.6) is 0 Å². The average Bonchev–Trinajstić information content (AvgIpc) is 2.52. The Morgan fingerprint density at radius 2 is 1.91 bits per heavy atom. The predicted octanol–water partition coefficient (Wildman–Crippen LogP) is 4.66. The molecule has 0 heterocycles. The van der Waals surface area contributed by atoms with Gasteiger partial charge >= 0.3 is 0 Å². The quantitative estimate of drug-likeness (QED) is 0.585. The topological polar surface area (TPSA) is 24.1 Å². The maximum atomic E-state index is 13.5. The molecule has 122 valence electrons. The van der Waals surface area contributed by atoms with Gasteiger partial charge in [-0.05, 0) is 61.0 Å². The Balaban J connectivity index is 1.67. The maximum Gasteiger partial charge on any atom is 0.170 e. The summed E-state index contributed by atoms with van der Waals surface area (Å²) in [6.45, 7) is 4.91. The van der Waals surface area contributed by atoms with E-state index in [1.807, 2.05) is 18.2 Å². The van der Waals surface area contributed by atoms with Crippen LogP contribution in [0.4, 0.5) is 10.1 Å². The summed E-state index contributed by atoms with van der Waals surface area (Å²) < 4.78 is 13.5. The number of benzene rings is 2. The molecule has 0 saturated heterocycles.